The van der Waals surface area contributed by atoms with Gasteiger partial charge in [0.1, 0.15) is 5.82 Å². The van der Waals surface area contributed by atoms with Gasteiger partial charge in [-0.15, -0.1) is 12.3 Å². The van der Waals surface area contributed by atoms with E-state index in [-0.39, 0.29) is 22.8 Å². The van der Waals surface area contributed by atoms with Crippen molar-refractivity contribution in [3.8, 4) is 12.3 Å². The number of benzene rings is 1. The Balaban J connectivity index is 1.42. The Bertz CT molecular complexity index is 822. The number of anilines is 1. The van der Waals surface area contributed by atoms with Crippen LogP contribution in [0.4, 0.5) is 10.1 Å². The molecular formula is C20H22ClFN4O2. The zero-order valence-corrected chi connectivity index (χ0v) is 16.2. The molecule has 0 saturated carbocycles. The summed E-state index contributed by atoms with van der Waals surface area (Å²) in [6.07, 6.45) is 8.69. The van der Waals surface area contributed by atoms with Crippen LogP contribution in [0.15, 0.2) is 28.4 Å². The normalized spacial score (nSPS) is 17.8. The van der Waals surface area contributed by atoms with Crippen molar-refractivity contribution in [2.75, 3.05) is 18.4 Å². The van der Waals surface area contributed by atoms with Crippen LogP contribution >= 0.6 is 11.6 Å². The Kier molecular flexibility index (Phi) is 6.30. The van der Waals surface area contributed by atoms with Crippen molar-refractivity contribution < 1.29 is 14.0 Å². The van der Waals surface area contributed by atoms with Crippen molar-refractivity contribution in [3.05, 3.63) is 29.0 Å². The molecule has 28 heavy (non-hydrogen) atoms. The fourth-order valence-electron chi connectivity index (χ4n) is 3.34. The minimum Gasteiger partial charge on any atom is -0.343 e. The highest BCUT2D eigenvalue weighted by Gasteiger charge is 2.40. The van der Waals surface area contributed by atoms with Crippen LogP contribution < -0.4 is 5.32 Å². The predicted octanol–water partition coefficient (Wildman–Crippen LogP) is 4.01. The molecular weight excluding hydrogens is 383 g/mol. The molecule has 2 amide bonds. The summed E-state index contributed by atoms with van der Waals surface area (Å²) in [4.78, 5) is 26.6. The number of nitrogens with one attached hydrogen (secondary N) is 1. The topological polar surface area (TPSA) is 74.1 Å². The van der Waals surface area contributed by atoms with Crippen molar-refractivity contribution in [2.45, 2.75) is 44.2 Å². The molecule has 1 aromatic rings. The van der Waals surface area contributed by atoms with Crippen LogP contribution in [-0.2, 0) is 9.59 Å². The molecule has 6 nitrogen and oxygen atoms in total. The molecule has 0 radical (unpaired) electrons. The first-order valence-corrected chi connectivity index (χ1v) is 9.71. The van der Waals surface area contributed by atoms with Crippen LogP contribution in [0, 0.1) is 24.1 Å². The van der Waals surface area contributed by atoms with E-state index >= 15 is 0 Å². The maximum atomic E-state index is 13.2. The lowest BCUT2D eigenvalue weighted by molar-refractivity contribution is -0.134. The van der Waals surface area contributed by atoms with Gasteiger partial charge in [-0.3, -0.25) is 9.59 Å². The van der Waals surface area contributed by atoms with E-state index in [1.54, 1.807) is 4.90 Å². The number of hydrogen-bond acceptors (Lipinski definition) is 4. The highest BCUT2D eigenvalue weighted by Crippen LogP contribution is 2.37. The Hall–Kier alpha value is -2.46. The summed E-state index contributed by atoms with van der Waals surface area (Å²) in [7, 11) is 0. The summed E-state index contributed by atoms with van der Waals surface area (Å²) in [5, 5.41) is 10.8. The number of terminal acetylenes is 1. The molecule has 8 heteroatoms. The summed E-state index contributed by atoms with van der Waals surface area (Å²) in [5.74, 6) is 1.77. The van der Waals surface area contributed by atoms with Gasteiger partial charge in [-0.1, -0.05) is 11.6 Å². The minimum absolute atomic E-state index is 0.0348. The Morgan fingerprint density at radius 2 is 2.04 bits per heavy atom. The number of piperidine rings is 1. The van der Waals surface area contributed by atoms with E-state index in [0.717, 1.165) is 0 Å². The lowest BCUT2D eigenvalue weighted by Crippen LogP contribution is -2.41. The standard InChI is InChI=1S/C20H22ClFN4O2/c1-2-3-9-20(24-25-20)10-6-18(27)26-11-7-14(8-12-26)19(28)23-15-4-5-17(22)16(21)13-15/h1,4-5,13-14H,3,6-12H2,(H,23,28). The van der Waals surface area contributed by atoms with Gasteiger partial charge in [-0.2, -0.15) is 10.2 Å². The van der Waals surface area contributed by atoms with Gasteiger partial charge in [0.2, 0.25) is 11.8 Å². The summed E-state index contributed by atoms with van der Waals surface area (Å²) in [5.41, 5.74) is 0.0144. The van der Waals surface area contributed by atoms with Crippen LogP contribution in [-0.4, -0.2) is 35.5 Å². The van der Waals surface area contributed by atoms with Gasteiger partial charge >= 0.3 is 0 Å². The number of likely N-dealkylation sites (tertiary alicyclic amines) is 1. The van der Waals surface area contributed by atoms with E-state index in [0.29, 0.717) is 57.3 Å². The number of hydrogen-bond donors (Lipinski definition) is 1. The van der Waals surface area contributed by atoms with Crippen LogP contribution in [0.25, 0.3) is 0 Å². The van der Waals surface area contributed by atoms with Gasteiger partial charge in [0.15, 0.2) is 5.66 Å². The fourth-order valence-corrected chi connectivity index (χ4v) is 3.52. The van der Waals surface area contributed by atoms with Crippen molar-refractivity contribution in [1.82, 2.24) is 4.90 Å². The Morgan fingerprint density at radius 1 is 1.32 bits per heavy atom. The molecule has 0 aliphatic carbocycles. The first-order valence-electron chi connectivity index (χ1n) is 9.34. The Labute approximate surface area is 168 Å². The maximum absolute atomic E-state index is 13.2. The third kappa shape index (κ3) is 5.08. The van der Waals surface area contributed by atoms with E-state index in [1.807, 2.05) is 0 Å². The lowest BCUT2D eigenvalue weighted by atomic mass is 9.95. The third-order valence-electron chi connectivity index (χ3n) is 5.20. The zero-order chi connectivity index (χ0) is 20.1. The van der Waals surface area contributed by atoms with Gasteiger partial charge in [-0.05, 0) is 31.0 Å². The van der Waals surface area contributed by atoms with Crippen LogP contribution in [0.3, 0.4) is 0 Å². The van der Waals surface area contributed by atoms with Gasteiger partial charge in [-0.25, -0.2) is 4.39 Å². The van der Waals surface area contributed by atoms with Crippen molar-refractivity contribution >= 4 is 29.1 Å². The Morgan fingerprint density at radius 3 is 2.64 bits per heavy atom. The van der Waals surface area contributed by atoms with E-state index < -0.39 is 11.5 Å². The minimum atomic E-state index is -0.528. The van der Waals surface area contributed by atoms with Gasteiger partial charge < -0.3 is 10.2 Å². The quantitative estimate of drug-likeness (QED) is 0.697. The SMILES string of the molecule is C#CCCC1(CCC(=O)N2CCC(C(=O)Nc3ccc(F)c(Cl)c3)CC2)N=N1. The molecule has 2 heterocycles. The molecule has 0 spiro atoms. The largest absolute Gasteiger partial charge is 0.343 e. The van der Waals surface area contributed by atoms with E-state index in [1.165, 1.54) is 18.2 Å². The van der Waals surface area contributed by atoms with E-state index in [2.05, 4.69) is 21.5 Å². The molecule has 1 fully saturated rings. The molecule has 2 aliphatic heterocycles. The summed E-state index contributed by atoms with van der Waals surface area (Å²) in [6, 6.07) is 4.08. The summed E-state index contributed by atoms with van der Waals surface area (Å²) in [6.45, 7) is 1.07. The second-order valence-corrected chi connectivity index (χ2v) is 7.57. The molecule has 0 aromatic heterocycles. The van der Waals surface area contributed by atoms with E-state index in [4.69, 9.17) is 18.0 Å². The average Bonchev–Trinajstić information content (AvgIpc) is 3.48. The third-order valence-corrected chi connectivity index (χ3v) is 5.49. The molecule has 0 unspecified atom stereocenters. The van der Waals surface area contributed by atoms with Crippen molar-refractivity contribution in [1.29, 1.82) is 0 Å². The van der Waals surface area contributed by atoms with Gasteiger partial charge in [0.25, 0.3) is 0 Å². The van der Waals surface area contributed by atoms with Crippen molar-refractivity contribution in [2.24, 2.45) is 16.1 Å². The number of rotatable bonds is 7. The highest BCUT2D eigenvalue weighted by molar-refractivity contribution is 6.31. The maximum Gasteiger partial charge on any atom is 0.227 e. The molecule has 2 aliphatic rings. The van der Waals surface area contributed by atoms with Crippen LogP contribution in [0.1, 0.15) is 38.5 Å². The average molecular weight is 405 g/mol. The van der Waals surface area contributed by atoms with Crippen molar-refractivity contribution in [3.63, 3.8) is 0 Å². The predicted molar refractivity (Wildman–Crippen MR) is 104 cm³/mol. The first-order chi connectivity index (χ1) is 13.4. The van der Waals surface area contributed by atoms with E-state index in [9.17, 15) is 14.0 Å². The molecule has 1 aromatic carbocycles. The second kappa shape index (κ2) is 8.70. The summed E-state index contributed by atoms with van der Waals surface area (Å²) >= 11 is 5.74. The molecule has 3 rings (SSSR count). The van der Waals surface area contributed by atoms with Crippen LogP contribution in [0.5, 0.6) is 0 Å². The fraction of sp³-hybridized carbons (Fsp3) is 0.500. The van der Waals surface area contributed by atoms with Crippen LogP contribution in [0.2, 0.25) is 5.02 Å². The second-order valence-electron chi connectivity index (χ2n) is 7.16. The molecule has 148 valence electrons. The van der Waals surface area contributed by atoms with Gasteiger partial charge in [0, 0.05) is 50.4 Å². The molecule has 1 saturated heterocycles. The number of halogens is 2. The number of nitrogens with zero attached hydrogens (tertiary/aromatic N) is 3. The zero-order valence-electron chi connectivity index (χ0n) is 15.5. The monoisotopic (exact) mass is 404 g/mol. The number of amides is 2. The highest BCUT2D eigenvalue weighted by atomic mass is 35.5. The number of carbonyl (C=O) groups excluding carboxylic acids is 2. The number of carbonyl (C=O) groups is 2. The first kappa shape index (κ1) is 20.3. The smallest absolute Gasteiger partial charge is 0.227 e. The molecule has 0 bridgehead atoms. The van der Waals surface area contributed by atoms with Gasteiger partial charge in [0.05, 0.1) is 5.02 Å². The molecule has 0 atom stereocenters. The summed E-state index contributed by atoms with van der Waals surface area (Å²) < 4.78 is 13.2. The molecule has 1 N–H and O–H groups in total. The lowest BCUT2D eigenvalue weighted by Gasteiger charge is -2.31.